The monoisotopic (exact) mass is 441 g/mol. The van der Waals surface area contributed by atoms with Gasteiger partial charge in [0.05, 0.1) is 32.9 Å². The Hall–Kier alpha value is -3.52. The molecule has 0 radical (unpaired) electrons. The lowest BCUT2D eigenvalue weighted by Gasteiger charge is -2.26. The molecule has 1 amide bonds. The van der Waals surface area contributed by atoms with Crippen LogP contribution in [-0.4, -0.2) is 63.3 Å². The number of Topliss-reactive ketones (excluding diaryl/α,β-unsaturated/α-hetero) is 1. The van der Waals surface area contributed by atoms with Gasteiger partial charge in [0.2, 0.25) is 0 Å². The van der Waals surface area contributed by atoms with E-state index < -0.39 is 17.7 Å². The summed E-state index contributed by atoms with van der Waals surface area (Å²) in [6.07, 6.45) is 0.538. The smallest absolute Gasteiger partial charge is 0.295 e. The third kappa shape index (κ3) is 4.40. The van der Waals surface area contributed by atoms with Crippen LogP contribution >= 0.6 is 0 Å². The summed E-state index contributed by atoms with van der Waals surface area (Å²) in [6, 6.07) is 11.0. The van der Waals surface area contributed by atoms with Crippen LogP contribution in [0.1, 0.15) is 23.6 Å². The van der Waals surface area contributed by atoms with E-state index in [0.717, 1.165) is 0 Å². The Morgan fingerprint density at radius 1 is 0.938 bits per heavy atom. The summed E-state index contributed by atoms with van der Waals surface area (Å²) in [5, 5.41) is 11.1. The summed E-state index contributed by atoms with van der Waals surface area (Å²) in [4.78, 5) is 27.4. The zero-order valence-electron chi connectivity index (χ0n) is 18.6. The third-order valence-corrected chi connectivity index (χ3v) is 5.37. The van der Waals surface area contributed by atoms with Crippen LogP contribution in [0.4, 0.5) is 0 Å². The van der Waals surface area contributed by atoms with Gasteiger partial charge in [-0.2, -0.15) is 0 Å². The molecule has 1 aliphatic rings. The summed E-state index contributed by atoms with van der Waals surface area (Å²) in [7, 11) is 6.15. The maximum Gasteiger partial charge on any atom is 0.295 e. The number of amides is 1. The highest BCUT2D eigenvalue weighted by Gasteiger charge is 2.46. The molecular weight excluding hydrogens is 414 g/mol. The van der Waals surface area contributed by atoms with Crippen LogP contribution in [0.2, 0.25) is 0 Å². The first-order valence-electron chi connectivity index (χ1n) is 10.1. The molecule has 1 saturated heterocycles. The Balaban J connectivity index is 2.14. The molecule has 1 heterocycles. The van der Waals surface area contributed by atoms with Crippen molar-refractivity contribution in [1.29, 1.82) is 0 Å². The van der Waals surface area contributed by atoms with Crippen molar-refractivity contribution < 1.29 is 33.6 Å². The normalized spacial score (nSPS) is 17.5. The van der Waals surface area contributed by atoms with Gasteiger partial charge < -0.3 is 29.0 Å². The Bertz CT molecular complexity index is 1010. The number of ketones is 1. The fourth-order valence-corrected chi connectivity index (χ4v) is 3.76. The first kappa shape index (κ1) is 23.1. The van der Waals surface area contributed by atoms with E-state index in [0.29, 0.717) is 41.4 Å². The fraction of sp³-hybridized carbons (Fsp3) is 0.333. The van der Waals surface area contributed by atoms with E-state index in [2.05, 4.69) is 0 Å². The third-order valence-electron chi connectivity index (χ3n) is 5.37. The number of carbonyl (C=O) groups excluding carboxylic acids is 2. The molecule has 1 unspecified atom stereocenters. The molecule has 8 heteroatoms. The van der Waals surface area contributed by atoms with Crippen molar-refractivity contribution in [3.8, 4) is 17.2 Å². The highest BCUT2D eigenvalue weighted by Crippen LogP contribution is 2.42. The lowest BCUT2D eigenvalue weighted by molar-refractivity contribution is -0.140. The second-order valence-electron chi connectivity index (χ2n) is 7.18. The average Bonchev–Trinajstić information content (AvgIpc) is 3.08. The maximum absolute atomic E-state index is 13.0. The van der Waals surface area contributed by atoms with Gasteiger partial charge in [-0.1, -0.05) is 6.07 Å². The predicted octanol–water partition coefficient (Wildman–Crippen LogP) is 3.17. The number of methoxy groups -OCH3 is 4. The van der Waals surface area contributed by atoms with E-state index in [1.165, 1.54) is 26.2 Å². The highest BCUT2D eigenvalue weighted by atomic mass is 16.5. The lowest BCUT2D eigenvalue weighted by Crippen LogP contribution is -2.31. The van der Waals surface area contributed by atoms with Crippen LogP contribution in [0.3, 0.4) is 0 Å². The molecule has 2 aromatic carbocycles. The number of nitrogens with zero attached hydrogens (tertiary/aromatic N) is 1. The second kappa shape index (κ2) is 10.2. The first-order chi connectivity index (χ1) is 15.5. The van der Waals surface area contributed by atoms with Crippen LogP contribution in [-0.2, 0) is 14.3 Å². The van der Waals surface area contributed by atoms with Gasteiger partial charge in [0.1, 0.15) is 11.5 Å². The van der Waals surface area contributed by atoms with Gasteiger partial charge in [0.25, 0.3) is 11.7 Å². The van der Waals surface area contributed by atoms with Gasteiger partial charge in [0.15, 0.2) is 11.5 Å². The summed E-state index contributed by atoms with van der Waals surface area (Å²) >= 11 is 0. The summed E-state index contributed by atoms with van der Waals surface area (Å²) in [6.45, 7) is 0.719. The number of hydrogen-bond acceptors (Lipinski definition) is 7. The summed E-state index contributed by atoms with van der Waals surface area (Å²) in [5.41, 5.74) is 1.05. The van der Waals surface area contributed by atoms with Crippen LogP contribution in [0.25, 0.3) is 5.76 Å². The van der Waals surface area contributed by atoms with Crippen molar-refractivity contribution in [2.24, 2.45) is 0 Å². The molecular formula is C24H27NO7. The Morgan fingerprint density at radius 3 is 2.22 bits per heavy atom. The van der Waals surface area contributed by atoms with E-state index in [9.17, 15) is 14.7 Å². The van der Waals surface area contributed by atoms with Crippen LogP contribution in [0.5, 0.6) is 17.2 Å². The molecule has 2 aromatic rings. The van der Waals surface area contributed by atoms with Gasteiger partial charge in [-0.25, -0.2) is 0 Å². The quantitative estimate of drug-likeness (QED) is 0.276. The molecule has 1 aliphatic heterocycles. The molecule has 32 heavy (non-hydrogen) atoms. The number of likely N-dealkylation sites (tertiary alicyclic amines) is 1. The van der Waals surface area contributed by atoms with Gasteiger partial charge in [-0.3, -0.25) is 9.59 Å². The van der Waals surface area contributed by atoms with Crippen LogP contribution in [0, 0.1) is 0 Å². The summed E-state index contributed by atoms with van der Waals surface area (Å²) in [5.74, 6) is -0.0795. The Morgan fingerprint density at radius 2 is 1.62 bits per heavy atom. The van der Waals surface area contributed by atoms with Crippen molar-refractivity contribution in [1.82, 2.24) is 4.90 Å². The van der Waals surface area contributed by atoms with Gasteiger partial charge in [0, 0.05) is 25.8 Å². The molecule has 1 atom stereocenters. The van der Waals surface area contributed by atoms with E-state index >= 15 is 0 Å². The van der Waals surface area contributed by atoms with E-state index in [-0.39, 0.29) is 17.9 Å². The van der Waals surface area contributed by atoms with Gasteiger partial charge in [-0.05, 0) is 48.4 Å². The zero-order chi connectivity index (χ0) is 23.3. The maximum atomic E-state index is 13.0. The van der Waals surface area contributed by atoms with Crippen molar-refractivity contribution in [3.05, 3.63) is 59.2 Å². The van der Waals surface area contributed by atoms with Gasteiger partial charge in [-0.15, -0.1) is 0 Å². The molecule has 1 fully saturated rings. The minimum absolute atomic E-state index is 0.0183. The molecule has 1 N–H and O–H groups in total. The minimum atomic E-state index is -0.784. The zero-order valence-corrected chi connectivity index (χ0v) is 18.6. The van der Waals surface area contributed by atoms with Crippen LogP contribution in [0.15, 0.2) is 48.0 Å². The number of hydrogen-bond donors (Lipinski definition) is 1. The molecule has 0 aromatic heterocycles. The minimum Gasteiger partial charge on any atom is -0.507 e. The number of rotatable bonds is 9. The second-order valence-corrected chi connectivity index (χ2v) is 7.18. The molecule has 8 nitrogen and oxygen atoms in total. The average molecular weight is 441 g/mol. The van der Waals surface area contributed by atoms with E-state index in [4.69, 9.17) is 18.9 Å². The van der Waals surface area contributed by atoms with Gasteiger partial charge >= 0.3 is 0 Å². The number of aliphatic hydroxyl groups is 1. The lowest BCUT2D eigenvalue weighted by atomic mass is 9.95. The first-order valence-corrected chi connectivity index (χ1v) is 10.1. The molecule has 3 rings (SSSR count). The van der Waals surface area contributed by atoms with Crippen molar-refractivity contribution in [2.75, 3.05) is 41.6 Å². The molecule has 0 saturated carbocycles. The number of aliphatic hydroxyl groups excluding tert-OH is 1. The predicted molar refractivity (Wildman–Crippen MR) is 118 cm³/mol. The number of ether oxygens (including phenoxy) is 4. The molecule has 0 spiro atoms. The topological polar surface area (TPSA) is 94.5 Å². The SMILES string of the molecule is COCCCN1C(=O)C(=O)C(=C(O)c2ccc(OC)cc2)C1c1ccc(OC)c(OC)c1. The Labute approximate surface area is 187 Å². The van der Waals surface area contributed by atoms with Crippen molar-refractivity contribution in [3.63, 3.8) is 0 Å². The van der Waals surface area contributed by atoms with Crippen LogP contribution < -0.4 is 14.2 Å². The number of benzene rings is 2. The molecule has 0 bridgehead atoms. The Kier molecular flexibility index (Phi) is 7.37. The van der Waals surface area contributed by atoms with E-state index in [1.807, 2.05) is 0 Å². The fourth-order valence-electron chi connectivity index (χ4n) is 3.76. The largest absolute Gasteiger partial charge is 0.507 e. The highest BCUT2D eigenvalue weighted by molar-refractivity contribution is 6.46. The van der Waals surface area contributed by atoms with Crippen molar-refractivity contribution in [2.45, 2.75) is 12.5 Å². The standard InChI is InChI=1S/C24H27NO7/c1-29-13-5-12-25-21(16-8-11-18(31-3)19(14-16)32-4)20(23(27)24(25)28)22(26)15-6-9-17(30-2)10-7-15/h6-11,14,21,26H,5,12-13H2,1-4H3. The van der Waals surface area contributed by atoms with Crippen molar-refractivity contribution >= 4 is 17.4 Å². The molecule has 170 valence electrons. The molecule has 0 aliphatic carbocycles. The van der Waals surface area contributed by atoms with E-state index in [1.54, 1.807) is 49.6 Å². The number of carbonyl (C=O) groups is 2. The summed E-state index contributed by atoms with van der Waals surface area (Å²) < 4.78 is 21.0.